The lowest BCUT2D eigenvalue weighted by atomic mass is 10.3. The molecule has 0 aliphatic carbocycles. The summed E-state index contributed by atoms with van der Waals surface area (Å²) in [5.74, 6) is 0. The molecule has 0 saturated carbocycles. The summed E-state index contributed by atoms with van der Waals surface area (Å²) in [6.45, 7) is 8.05. The van der Waals surface area contributed by atoms with Crippen LogP contribution >= 0.6 is 0 Å². The van der Waals surface area contributed by atoms with E-state index < -0.39 is 9.92 Å². The van der Waals surface area contributed by atoms with Crippen molar-refractivity contribution >= 4 is 15.6 Å². The summed E-state index contributed by atoms with van der Waals surface area (Å²) in [6.07, 6.45) is 0.866. The molecule has 0 aliphatic rings. The summed E-state index contributed by atoms with van der Waals surface area (Å²) >= 11 is 0. The van der Waals surface area contributed by atoms with Crippen LogP contribution in [0.25, 0.3) is 0 Å². The summed E-state index contributed by atoms with van der Waals surface area (Å²) in [7, 11) is -0.752. The quantitative estimate of drug-likeness (QED) is 0.844. The van der Waals surface area contributed by atoms with E-state index in [0.29, 0.717) is 10.6 Å². The third-order valence-electron chi connectivity index (χ3n) is 3.20. The van der Waals surface area contributed by atoms with Gasteiger partial charge in [0.2, 0.25) is 0 Å². The monoisotopic (exact) mass is 283 g/mol. The Balaban J connectivity index is 3.44. The third kappa shape index (κ3) is 3.70. The van der Waals surface area contributed by atoms with Gasteiger partial charge in [0.15, 0.2) is 0 Å². The molecule has 0 radical (unpaired) electrons. The van der Waals surface area contributed by atoms with E-state index in [2.05, 4.69) is 4.36 Å². The number of nitrogens with zero attached hydrogens (tertiary/aromatic N) is 2. The minimum absolute atomic E-state index is 0.0510. The molecule has 0 amide bonds. The van der Waals surface area contributed by atoms with E-state index in [1.54, 1.807) is 12.1 Å². The second-order valence-corrected chi connectivity index (χ2v) is 7.32. The Hall–Kier alpha value is -1.07. The average molecular weight is 283 g/mol. The highest BCUT2D eigenvalue weighted by atomic mass is 32.2. The van der Waals surface area contributed by atoms with E-state index in [-0.39, 0.29) is 12.1 Å². The lowest BCUT2D eigenvalue weighted by molar-refractivity contribution is 0.434. The molecular formula is C14H25N3OS. The molecule has 0 saturated heterocycles. The minimum atomic E-state index is -2.60. The van der Waals surface area contributed by atoms with Crippen molar-refractivity contribution in [3.63, 3.8) is 0 Å². The van der Waals surface area contributed by atoms with E-state index in [1.165, 1.54) is 0 Å². The zero-order chi connectivity index (χ0) is 14.6. The van der Waals surface area contributed by atoms with Crippen LogP contribution in [0, 0.1) is 0 Å². The molecule has 0 fully saturated rings. The van der Waals surface area contributed by atoms with Gasteiger partial charge in [0.25, 0.3) is 0 Å². The molecule has 5 heteroatoms. The molecule has 0 aliphatic heterocycles. The van der Waals surface area contributed by atoms with Crippen molar-refractivity contribution in [2.24, 2.45) is 4.36 Å². The summed E-state index contributed by atoms with van der Waals surface area (Å²) in [4.78, 5) is 0.684. The SMILES string of the molecule is CCC(C)N=S(=O)(c1cccc(N)c1)N(C)C(C)C. The molecule has 0 heterocycles. The highest BCUT2D eigenvalue weighted by molar-refractivity contribution is 7.91. The summed E-state index contributed by atoms with van der Waals surface area (Å²) in [5.41, 5.74) is 6.42. The van der Waals surface area contributed by atoms with Gasteiger partial charge in [0.1, 0.15) is 9.92 Å². The Kier molecular flexibility index (Phi) is 5.38. The molecule has 1 aromatic rings. The van der Waals surface area contributed by atoms with Gasteiger partial charge in [-0.3, -0.25) is 0 Å². The molecule has 2 N–H and O–H groups in total. The maximum Gasteiger partial charge on any atom is 0.140 e. The Morgan fingerprint density at radius 1 is 1.37 bits per heavy atom. The number of rotatable bonds is 5. The van der Waals surface area contributed by atoms with E-state index in [1.807, 2.05) is 51.2 Å². The zero-order valence-corrected chi connectivity index (χ0v) is 13.3. The van der Waals surface area contributed by atoms with Crippen molar-refractivity contribution in [1.29, 1.82) is 0 Å². The highest BCUT2D eigenvalue weighted by Gasteiger charge is 2.22. The fourth-order valence-electron chi connectivity index (χ4n) is 1.59. The molecule has 0 bridgehead atoms. The Bertz CT molecular complexity index is 533. The Morgan fingerprint density at radius 2 is 2.00 bits per heavy atom. The Labute approximate surface area is 117 Å². The molecule has 108 valence electrons. The minimum Gasteiger partial charge on any atom is -0.399 e. The first-order valence-electron chi connectivity index (χ1n) is 6.66. The van der Waals surface area contributed by atoms with Gasteiger partial charge in [-0.15, -0.1) is 0 Å². The van der Waals surface area contributed by atoms with Gasteiger partial charge >= 0.3 is 0 Å². The van der Waals surface area contributed by atoms with E-state index in [4.69, 9.17) is 5.73 Å². The molecule has 1 rings (SSSR count). The maximum atomic E-state index is 13.4. The van der Waals surface area contributed by atoms with E-state index >= 15 is 0 Å². The van der Waals surface area contributed by atoms with Crippen LogP contribution in [0.1, 0.15) is 34.1 Å². The second-order valence-electron chi connectivity index (χ2n) is 5.07. The standard InChI is InChI=1S/C14H25N3OS/c1-6-12(4)16-19(18,17(5)11(2)3)14-9-7-8-13(15)10-14/h7-12H,6,15H2,1-5H3. The van der Waals surface area contributed by atoms with E-state index in [0.717, 1.165) is 6.42 Å². The van der Waals surface area contributed by atoms with Crippen molar-refractivity contribution in [1.82, 2.24) is 4.31 Å². The van der Waals surface area contributed by atoms with Gasteiger partial charge in [0.05, 0.1) is 10.9 Å². The average Bonchev–Trinajstić information content (AvgIpc) is 2.37. The van der Waals surface area contributed by atoms with Gasteiger partial charge in [-0.2, -0.15) is 0 Å². The Morgan fingerprint density at radius 3 is 2.47 bits per heavy atom. The fourth-order valence-corrected chi connectivity index (χ4v) is 3.94. The molecule has 2 unspecified atom stereocenters. The number of benzene rings is 1. The predicted octanol–water partition coefficient (Wildman–Crippen LogP) is 3.15. The van der Waals surface area contributed by atoms with Crippen molar-refractivity contribution in [3.8, 4) is 0 Å². The first kappa shape index (κ1) is 16.0. The normalized spacial score (nSPS) is 16.4. The lowest BCUT2D eigenvalue weighted by Gasteiger charge is -2.26. The topological polar surface area (TPSA) is 58.7 Å². The molecule has 0 aromatic heterocycles. The first-order chi connectivity index (χ1) is 8.81. The second kappa shape index (κ2) is 6.39. The molecular weight excluding hydrogens is 258 g/mol. The number of hydrogen-bond acceptors (Lipinski definition) is 3. The van der Waals surface area contributed by atoms with Crippen LogP contribution in [0.4, 0.5) is 5.69 Å². The van der Waals surface area contributed by atoms with Gasteiger partial charge < -0.3 is 5.73 Å². The van der Waals surface area contributed by atoms with E-state index in [9.17, 15) is 4.21 Å². The zero-order valence-electron chi connectivity index (χ0n) is 12.5. The molecule has 19 heavy (non-hydrogen) atoms. The summed E-state index contributed by atoms with van der Waals surface area (Å²) in [6, 6.07) is 7.40. The van der Waals surface area contributed by atoms with Crippen LogP contribution in [0.3, 0.4) is 0 Å². The molecule has 1 aromatic carbocycles. The summed E-state index contributed by atoms with van der Waals surface area (Å²) < 4.78 is 19.7. The fraction of sp³-hybridized carbons (Fsp3) is 0.571. The van der Waals surface area contributed by atoms with Crippen LogP contribution in [-0.4, -0.2) is 27.6 Å². The first-order valence-corrected chi connectivity index (χ1v) is 8.13. The molecule has 2 atom stereocenters. The lowest BCUT2D eigenvalue weighted by Crippen LogP contribution is -2.33. The van der Waals surface area contributed by atoms with Crippen LogP contribution in [0.15, 0.2) is 33.5 Å². The smallest absolute Gasteiger partial charge is 0.140 e. The van der Waals surface area contributed by atoms with Gasteiger partial charge in [0, 0.05) is 18.8 Å². The van der Waals surface area contributed by atoms with Crippen LogP contribution in [0.5, 0.6) is 0 Å². The molecule has 0 spiro atoms. The number of nitrogen functional groups attached to an aromatic ring is 1. The maximum absolute atomic E-state index is 13.4. The highest BCUT2D eigenvalue weighted by Crippen LogP contribution is 2.23. The predicted molar refractivity (Wildman–Crippen MR) is 82.3 cm³/mol. The largest absolute Gasteiger partial charge is 0.399 e. The van der Waals surface area contributed by atoms with Gasteiger partial charge in [-0.05, 0) is 45.4 Å². The number of anilines is 1. The van der Waals surface area contributed by atoms with Crippen molar-refractivity contribution in [3.05, 3.63) is 24.3 Å². The number of nitrogens with two attached hydrogens (primary N) is 1. The van der Waals surface area contributed by atoms with Crippen molar-refractivity contribution in [2.75, 3.05) is 12.8 Å². The van der Waals surface area contributed by atoms with Crippen molar-refractivity contribution in [2.45, 2.75) is 51.1 Å². The van der Waals surface area contributed by atoms with Crippen LogP contribution < -0.4 is 5.73 Å². The third-order valence-corrected chi connectivity index (χ3v) is 5.91. The van der Waals surface area contributed by atoms with Crippen LogP contribution in [0.2, 0.25) is 0 Å². The number of hydrogen-bond donors (Lipinski definition) is 1. The van der Waals surface area contributed by atoms with Gasteiger partial charge in [-0.1, -0.05) is 13.0 Å². The summed E-state index contributed by atoms with van der Waals surface area (Å²) in [5, 5.41) is 0. The molecule has 4 nitrogen and oxygen atoms in total. The van der Waals surface area contributed by atoms with Gasteiger partial charge in [-0.25, -0.2) is 12.9 Å². The van der Waals surface area contributed by atoms with Crippen LogP contribution in [-0.2, 0) is 9.92 Å². The van der Waals surface area contributed by atoms with Crippen molar-refractivity contribution < 1.29 is 4.21 Å².